The van der Waals surface area contributed by atoms with E-state index in [4.69, 9.17) is 0 Å². The van der Waals surface area contributed by atoms with Gasteiger partial charge in [-0.05, 0) is 62.0 Å². The van der Waals surface area contributed by atoms with E-state index in [9.17, 15) is 35.3 Å². The van der Waals surface area contributed by atoms with Crippen LogP contribution in [0.4, 0.5) is 42.1 Å². The summed E-state index contributed by atoms with van der Waals surface area (Å²) < 4.78 is 111. The Morgan fingerprint density at radius 1 is 1.12 bits per heavy atom. The Labute approximate surface area is 242 Å². The molecule has 0 unspecified atom stereocenters. The lowest BCUT2D eigenvalue weighted by atomic mass is 10.0. The minimum atomic E-state index is -5.00. The summed E-state index contributed by atoms with van der Waals surface area (Å²) in [7, 11) is -1.06. The predicted octanol–water partition coefficient (Wildman–Crippen LogP) is 7.07. The third-order valence-electron chi connectivity index (χ3n) is 6.66. The zero-order valence-electron chi connectivity index (χ0n) is 22.9. The molecule has 228 valence electrons. The minimum Gasteiger partial charge on any atom is -0.404 e. The average Bonchev–Trinajstić information content (AvgIpc) is 3.19. The Hall–Kier alpha value is -2.94. The molecular weight excluding hydrogens is 606 g/mol. The number of likely N-dealkylation sites (tertiary alicyclic amines) is 1. The summed E-state index contributed by atoms with van der Waals surface area (Å²) in [5, 5.41) is 6.40. The number of piperidine rings is 1. The molecule has 42 heavy (non-hydrogen) atoms. The topological polar surface area (TPSA) is 53.6 Å². The van der Waals surface area contributed by atoms with Gasteiger partial charge in [-0.2, -0.15) is 13.2 Å². The van der Waals surface area contributed by atoms with E-state index in [1.54, 1.807) is 18.2 Å². The lowest BCUT2D eigenvalue weighted by molar-refractivity contribution is -0.274. The summed E-state index contributed by atoms with van der Waals surface area (Å²) >= 11 is 1.04. The fourth-order valence-electron chi connectivity index (χ4n) is 4.65. The van der Waals surface area contributed by atoms with Gasteiger partial charge in [-0.15, -0.1) is 24.5 Å². The van der Waals surface area contributed by atoms with Crippen LogP contribution < -0.4 is 20.7 Å². The van der Waals surface area contributed by atoms with Gasteiger partial charge in [-0.25, -0.2) is 4.39 Å². The molecule has 2 N–H and O–H groups in total. The third kappa shape index (κ3) is 8.33. The molecule has 4 rings (SSSR count). The van der Waals surface area contributed by atoms with Gasteiger partial charge in [0.1, 0.15) is 13.3 Å². The van der Waals surface area contributed by atoms with Gasteiger partial charge in [-0.3, -0.25) is 0 Å². The van der Waals surface area contributed by atoms with Crippen molar-refractivity contribution in [3.63, 3.8) is 0 Å². The predicted molar refractivity (Wildman–Crippen MR) is 154 cm³/mol. The molecule has 1 saturated heterocycles. The van der Waals surface area contributed by atoms with E-state index >= 15 is 0 Å². The second-order valence-electron chi connectivity index (χ2n) is 10.4. The van der Waals surface area contributed by atoms with Crippen LogP contribution in [0.1, 0.15) is 16.9 Å². The van der Waals surface area contributed by atoms with Gasteiger partial charge in [0, 0.05) is 18.4 Å². The highest BCUT2D eigenvalue weighted by Gasteiger charge is 2.34. The van der Waals surface area contributed by atoms with E-state index in [1.165, 1.54) is 25.5 Å². The quantitative estimate of drug-likeness (QED) is 0.165. The van der Waals surface area contributed by atoms with E-state index in [0.29, 0.717) is 28.7 Å². The first-order chi connectivity index (χ1) is 19.5. The Morgan fingerprint density at radius 3 is 2.50 bits per heavy atom. The first kappa shape index (κ1) is 32.0. The smallest absolute Gasteiger partial charge is 0.404 e. The molecule has 0 bridgehead atoms. The molecule has 0 spiro atoms. The maximum absolute atomic E-state index is 14.7. The second kappa shape index (κ2) is 12.3. The Morgan fingerprint density at radius 2 is 1.86 bits per heavy atom. The molecule has 5 nitrogen and oxygen atoms in total. The van der Waals surface area contributed by atoms with Crippen molar-refractivity contribution in [2.24, 2.45) is 0 Å². The molecule has 2 atom stereocenters. The fraction of sp³-hybridized carbons (Fsp3) is 0.429. The highest BCUT2D eigenvalue weighted by atomic mass is 32.1. The molecule has 0 amide bonds. The van der Waals surface area contributed by atoms with Gasteiger partial charge in [0.2, 0.25) is 0 Å². The molecule has 2 heterocycles. The number of nitrogens with one attached hydrogen (secondary N) is 2. The summed E-state index contributed by atoms with van der Waals surface area (Å²) in [6.45, 7) is 3.53. The number of thiophene rings is 1. The molecule has 1 aromatic heterocycles. The van der Waals surface area contributed by atoms with Crippen LogP contribution in [-0.2, 0) is 11.0 Å². The van der Waals surface area contributed by atoms with Crippen LogP contribution in [0.3, 0.4) is 0 Å². The van der Waals surface area contributed by atoms with Crippen LogP contribution in [0.5, 0.6) is 5.75 Å². The number of rotatable bonds is 7. The zero-order chi connectivity index (χ0) is 30.9. The number of fused-ring (bicyclic) bond motifs is 1. The first-order valence-electron chi connectivity index (χ1n) is 12.9. The Bertz CT molecular complexity index is 1540. The molecule has 3 aromatic rings. The van der Waals surface area contributed by atoms with Gasteiger partial charge in [0.25, 0.3) is 0 Å². The maximum Gasteiger partial charge on any atom is 0.573 e. The molecular formula is C28H29F7N3O2PS. The molecule has 1 aliphatic rings. The fourth-order valence-corrected chi connectivity index (χ4v) is 6.68. The highest BCUT2D eigenvalue weighted by Crippen LogP contribution is 2.40. The number of halogens is 7. The van der Waals surface area contributed by atoms with Crippen molar-refractivity contribution in [3.05, 3.63) is 46.8 Å². The van der Waals surface area contributed by atoms with E-state index in [0.717, 1.165) is 17.4 Å². The number of alkyl halides is 7. The van der Waals surface area contributed by atoms with Crippen LogP contribution in [0.25, 0.3) is 10.1 Å². The number of hydrogen-bond acceptors (Lipinski definition) is 6. The van der Waals surface area contributed by atoms with Crippen molar-refractivity contribution in [3.8, 4) is 17.6 Å². The van der Waals surface area contributed by atoms with Crippen molar-refractivity contribution in [2.75, 3.05) is 50.6 Å². The summed E-state index contributed by atoms with van der Waals surface area (Å²) in [5.74, 6) is 4.83. The van der Waals surface area contributed by atoms with E-state index < -0.39 is 44.1 Å². The summed E-state index contributed by atoms with van der Waals surface area (Å²) in [4.78, 5) is 2.02. The molecule has 2 aromatic carbocycles. The van der Waals surface area contributed by atoms with Crippen LogP contribution >= 0.6 is 18.5 Å². The summed E-state index contributed by atoms with van der Waals surface area (Å²) in [6.07, 6.45) is -11.4. The van der Waals surface area contributed by atoms with Crippen molar-refractivity contribution in [2.45, 2.75) is 37.6 Å². The second-order valence-corrected chi connectivity index (χ2v) is 14.7. The zero-order valence-corrected chi connectivity index (χ0v) is 24.6. The van der Waals surface area contributed by atoms with E-state index in [2.05, 4.69) is 27.2 Å². The number of anilines is 2. The standard InChI is InChI=1S/C28H29F7N3O2PS/c1-38-13-11-21(20(29)16-38)37-23-7-4-6-18-19(15-27(30,31)32)25(42-26(18)23)8-5-12-36-22-10-9-17(41(2,3)39)14-24(22)40-28(33,34)35/h4,6-7,9-10,14,20-21,36-37H,11-13,15-16H2,1-3H3/t20-,21+/m0/s1. The summed E-state index contributed by atoms with van der Waals surface area (Å²) in [6, 6.07) is 8.10. The molecule has 0 aliphatic carbocycles. The molecule has 0 radical (unpaired) electrons. The Balaban J connectivity index is 1.62. The van der Waals surface area contributed by atoms with Crippen LogP contribution in [0.2, 0.25) is 0 Å². The maximum atomic E-state index is 14.7. The van der Waals surface area contributed by atoms with Crippen LogP contribution in [-0.4, -0.2) is 69.7 Å². The molecule has 1 fully saturated rings. The monoisotopic (exact) mass is 635 g/mol. The number of benzene rings is 2. The van der Waals surface area contributed by atoms with Crippen LogP contribution in [0, 0.1) is 11.8 Å². The van der Waals surface area contributed by atoms with Gasteiger partial charge in [0.15, 0.2) is 5.75 Å². The van der Waals surface area contributed by atoms with Gasteiger partial charge in [0.05, 0.1) is 40.0 Å². The molecule has 0 saturated carbocycles. The molecule has 14 heteroatoms. The van der Waals surface area contributed by atoms with Gasteiger partial charge >= 0.3 is 12.5 Å². The summed E-state index contributed by atoms with van der Waals surface area (Å²) in [5.41, 5.74) is 0.421. The van der Waals surface area contributed by atoms with Crippen LogP contribution in [0.15, 0.2) is 36.4 Å². The van der Waals surface area contributed by atoms with Gasteiger partial charge in [-0.1, -0.05) is 24.0 Å². The minimum absolute atomic E-state index is 0.0223. The van der Waals surface area contributed by atoms with Gasteiger partial charge < -0.3 is 24.8 Å². The van der Waals surface area contributed by atoms with E-state index in [1.807, 2.05) is 11.9 Å². The van der Waals surface area contributed by atoms with E-state index in [-0.39, 0.29) is 34.5 Å². The van der Waals surface area contributed by atoms with Crippen molar-refractivity contribution >= 4 is 45.2 Å². The highest BCUT2D eigenvalue weighted by molar-refractivity contribution is 7.70. The Kier molecular flexibility index (Phi) is 9.40. The number of hydrogen-bond donors (Lipinski definition) is 2. The lowest BCUT2D eigenvalue weighted by Crippen LogP contribution is -2.46. The SMILES string of the molecule is CN1CC[C@@H](Nc2cccc3c(CC(F)(F)F)c(C#CCNc4ccc(P(C)(C)=O)cc4OC(F)(F)F)sc23)[C@@H](F)C1. The average molecular weight is 636 g/mol. The number of ether oxygens (including phenoxy) is 1. The first-order valence-corrected chi connectivity index (χ1v) is 16.3. The van der Waals surface area contributed by atoms with Crippen molar-refractivity contribution in [1.29, 1.82) is 0 Å². The third-order valence-corrected chi connectivity index (χ3v) is 9.38. The number of nitrogens with zero attached hydrogens (tertiary/aromatic N) is 1. The van der Waals surface area contributed by atoms with Crippen molar-refractivity contribution < 1.29 is 40.0 Å². The molecule has 1 aliphatic heterocycles. The lowest BCUT2D eigenvalue weighted by Gasteiger charge is -2.33. The normalized spacial score (nSPS) is 18.4. The van der Waals surface area contributed by atoms with Crippen molar-refractivity contribution in [1.82, 2.24) is 4.90 Å². The largest absolute Gasteiger partial charge is 0.573 e.